The number of fused-ring (bicyclic) bond motifs is 3. The summed E-state index contributed by atoms with van der Waals surface area (Å²) in [6, 6.07) is 14.6. The number of hydrogen-bond acceptors (Lipinski definition) is 7. The summed E-state index contributed by atoms with van der Waals surface area (Å²) < 4.78 is 67.3. The standard InChI is InChI=1S/C21H19NO7S2/c1-13-3-7-17(8-4-13)31(26,27)29-22-21-14(2)28-19-10-6-16-11-15(12-30(23,24)25)5-9-18(16)20(19)21/h3-11,22H,12H2,1-2H3,(H,23,24,25). The van der Waals surface area contributed by atoms with Crippen LogP contribution in [0.5, 0.6) is 0 Å². The van der Waals surface area contributed by atoms with Crippen LogP contribution in [0.4, 0.5) is 5.69 Å². The van der Waals surface area contributed by atoms with Crippen LogP contribution in [0.1, 0.15) is 16.9 Å². The fourth-order valence-corrected chi connectivity index (χ4v) is 4.73. The molecule has 31 heavy (non-hydrogen) atoms. The predicted octanol–water partition coefficient (Wildman–Crippen LogP) is 4.32. The Bertz CT molecular complexity index is 1500. The fraction of sp³-hybridized carbons (Fsp3) is 0.143. The largest absolute Gasteiger partial charge is 0.459 e. The molecule has 8 nitrogen and oxygen atoms in total. The summed E-state index contributed by atoms with van der Waals surface area (Å²) in [5.41, 5.74) is 4.71. The summed E-state index contributed by atoms with van der Waals surface area (Å²) >= 11 is 0. The van der Waals surface area contributed by atoms with Crippen LogP contribution in [0.15, 0.2) is 63.9 Å². The van der Waals surface area contributed by atoms with E-state index in [-0.39, 0.29) is 4.90 Å². The van der Waals surface area contributed by atoms with Crippen molar-refractivity contribution < 1.29 is 30.1 Å². The van der Waals surface area contributed by atoms with E-state index < -0.39 is 26.0 Å². The summed E-state index contributed by atoms with van der Waals surface area (Å²) in [5, 5.41) is 1.98. The molecule has 0 saturated carbocycles. The first-order valence-electron chi connectivity index (χ1n) is 9.19. The average molecular weight is 462 g/mol. The van der Waals surface area contributed by atoms with Crippen LogP contribution in [0, 0.1) is 13.8 Å². The Morgan fingerprint density at radius 3 is 2.35 bits per heavy atom. The second-order valence-electron chi connectivity index (χ2n) is 7.21. The van der Waals surface area contributed by atoms with Crippen molar-refractivity contribution in [2.45, 2.75) is 24.5 Å². The predicted molar refractivity (Wildman–Crippen MR) is 117 cm³/mol. The van der Waals surface area contributed by atoms with Gasteiger partial charge in [-0.3, -0.25) is 4.55 Å². The number of aryl methyl sites for hydroxylation is 2. The second kappa shape index (κ2) is 7.65. The van der Waals surface area contributed by atoms with Gasteiger partial charge in [-0.2, -0.15) is 16.8 Å². The zero-order valence-corrected chi connectivity index (χ0v) is 18.2. The first-order chi connectivity index (χ1) is 14.5. The van der Waals surface area contributed by atoms with E-state index in [0.29, 0.717) is 38.8 Å². The van der Waals surface area contributed by atoms with Crippen molar-refractivity contribution in [1.82, 2.24) is 0 Å². The molecule has 2 N–H and O–H groups in total. The summed E-state index contributed by atoms with van der Waals surface area (Å²) in [4.78, 5) is 0.00997. The molecule has 162 valence electrons. The minimum Gasteiger partial charge on any atom is -0.459 e. The quantitative estimate of drug-likeness (QED) is 0.321. The summed E-state index contributed by atoms with van der Waals surface area (Å²) in [7, 11) is -8.23. The van der Waals surface area contributed by atoms with Crippen molar-refractivity contribution in [3.05, 3.63) is 71.5 Å². The van der Waals surface area contributed by atoms with E-state index in [0.717, 1.165) is 5.56 Å². The monoisotopic (exact) mass is 461 g/mol. The van der Waals surface area contributed by atoms with Crippen molar-refractivity contribution in [2.75, 3.05) is 5.48 Å². The van der Waals surface area contributed by atoms with Gasteiger partial charge in [0.25, 0.3) is 10.1 Å². The van der Waals surface area contributed by atoms with Gasteiger partial charge < -0.3 is 4.42 Å². The van der Waals surface area contributed by atoms with Gasteiger partial charge >= 0.3 is 10.1 Å². The molecule has 0 bridgehead atoms. The molecule has 4 aromatic rings. The van der Waals surface area contributed by atoms with Crippen LogP contribution in [-0.2, 0) is 30.3 Å². The molecule has 3 aromatic carbocycles. The molecule has 0 radical (unpaired) electrons. The molecule has 0 spiro atoms. The van der Waals surface area contributed by atoms with E-state index in [2.05, 4.69) is 5.48 Å². The summed E-state index contributed by atoms with van der Waals surface area (Å²) in [6.07, 6.45) is 0. The van der Waals surface area contributed by atoms with Crippen molar-refractivity contribution in [3.8, 4) is 0 Å². The van der Waals surface area contributed by atoms with Crippen LogP contribution in [0.25, 0.3) is 21.7 Å². The lowest BCUT2D eigenvalue weighted by Gasteiger charge is -2.09. The Kier molecular flexibility index (Phi) is 5.26. The molecular formula is C21H19NO7S2. The van der Waals surface area contributed by atoms with Crippen LogP contribution in [0.3, 0.4) is 0 Å². The van der Waals surface area contributed by atoms with Crippen LogP contribution in [-0.4, -0.2) is 21.4 Å². The highest BCUT2D eigenvalue weighted by atomic mass is 32.2. The molecular weight excluding hydrogens is 442 g/mol. The van der Waals surface area contributed by atoms with Gasteiger partial charge in [0.15, 0.2) is 0 Å². The van der Waals surface area contributed by atoms with Gasteiger partial charge in [0, 0.05) is 0 Å². The SMILES string of the molecule is Cc1ccc(S(=O)(=O)ONc2c(C)oc3ccc4cc(CS(=O)(=O)O)ccc4c23)cc1. The lowest BCUT2D eigenvalue weighted by atomic mass is 10.0. The van der Waals surface area contributed by atoms with Crippen LogP contribution < -0.4 is 5.48 Å². The van der Waals surface area contributed by atoms with E-state index in [9.17, 15) is 16.8 Å². The first-order valence-corrected chi connectivity index (χ1v) is 12.2. The van der Waals surface area contributed by atoms with E-state index in [1.54, 1.807) is 49.4 Å². The number of benzene rings is 3. The fourth-order valence-electron chi connectivity index (χ4n) is 3.37. The molecule has 0 aliphatic rings. The Labute approximate surface area is 179 Å². The highest BCUT2D eigenvalue weighted by Crippen LogP contribution is 2.37. The van der Waals surface area contributed by atoms with E-state index >= 15 is 0 Å². The molecule has 0 saturated heterocycles. The van der Waals surface area contributed by atoms with E-state index in [4.69, 9.17) is 13.3 Å². The Balaban J connectivity index is 1.73. The lowest BCUT2D eigenvalue weighted by Crippen LogP contribution is -2.12. The number of nitrogens with one attached hydrogen (secondary N) is 1. The maximum Gasteiger partial charge on any atom is 0.317 e. The third-order valence-corrected chi connectivity index (χ3v) is 6.67. The minimum absolute atomic E-state index is 0.00997. The van der Waals surface area contributed by atoms with Gasteiger partial charge in [-0.25, -0.2) is 5.48 Å². The van der Waals surface area contributed by atoms with Crippen molar-refractivity contribution in [2.24, 2.45) is 0 Å². The maximum atomic E-state index is 12.5. The lowest BCUT2D eigenvalue weighted by molar-refractivity contribution is 0.389. The first kappa shape index (κ1) is 21.3. The molecule has 0 fully saturated rings. The molecule has 0 amide bonds. The highest BCUT2D eigenvalue weighted by molar-refractivity contribution is 7.86. The minimum atomic E-state index is -4.16. The molecule has 0 atom stereocenters. The maximum absolute atomic E-state index is 12.5. The summed E-state index contributed by atoms with van der Waals surface area (Å²) in [6.45, 7) is 3.52. The molecule has 0 aliphatic heterocycles. The van der Waals surface area contributed by atoms with Gasteiger partial charge in [0.1, 0.15) is 22.8 Å². The second-order valence-corrected chi connectivity index (χ2v) is 10.2. The van der Waals surface area contributed by atoms with Gasteiger partial charge in [-0.15, -0.1) is 4.28 Å². The molecule has 0 unspecified atom stereocenters. The third kappa shape index (κ3) is 4.42. The molecule has 1 aromatic heterocycles. The zero-order valence-electron chi connectivity index (χ0n) is 16.6. The Morgan fingerprint density at radius 1 is 0.968 bits per heavy atom. The zero-order chi connectivity index (χ0) is 22.4. The Hall–Kier alpha value is -2.92. The van der Waals surface area contributed by atoms with E-state index in [1.807, 2.05) is 6.92 Å². The molecule has 0 aliphatic carbocycles. The van der Waals surface area contributed by atoms with Crippen LogP contribution >= 0.6 is 0 Å². The number of furan rings is 1. The smallest absolute Gasteiger partial charge is 0.317 e. The molecule has 1 heterocycles. The van der Waals surface area contributed by atoms with Crippen LogP contribution in [0.2, 0.25) is 0 Å². The van der Waals surface area contributed by atoms with Gasteiger partial charge in [-0.1, -0.05) is 42.0 Å². The van der Waals surface area contributed by atoms with Gasteiger partial charge in [0.05, 0.1) is 10.3 Å². The number of hydrogen-bond donors (Lipinski definition) is 2. The normalized spacial score (nSPS) is 12.5. The Morgan fingerprint density at radius 2 is 1.68 bits per heavy atom. The summed E-state index contributed by atoms with van der Waals surface area (Å²) in [5.74, 6) is -0.0855. The highest BCUT2D eigenvalue weighted by Gasteiger charge is 2.20. The average Bonchev–Trinajstić information content (AvgIpc) is 3.01. The third-order valence-electron chi connectivity index (χ3n) is 4.82. The van der Waals surface area contributed by atoms with Crippen molar-refractivity contribution in [3.63, 3.8) is 0 Å². The van der Waals surface area contributed by atoms with Crippen molar-refractivity contribution in [1.29, 1.82) is 0 Å². The van der Waals surface area contributed by atoms with Gasteiger partial charge in [-0.05, 0) is 48.4 Å². The molecule has 4 rings (SSSR count). The molecule has 10 heteroatoms. The van der Waals surface area contributed by atoms with E-state index in [1.165, 1.54) is 12.1 Å². The number of rotatable bonds is 6. The number of anilines is 1. The topological polar surface area (TPSA) is 123 Å². The van der Waals surface area contributed by atoms with Gasteiger partial charge in [0.2, 0.25) is 0 Å². The van der Waals surface area contributed by atoms with Crippen molar-refractivity contribution >= 4 is 47.7 Å².